The Bertz CT molecular complexity index is 1500. The summed E-state index contributed by atoms with van der Waals surface area (Å²) in [6.07, 6.45) is 0. The highest BCUT2D eigenvalue weighted by Gasteiger charge is 2.39. The molecule has 0 saturated carbocycles. The van der Waals surface area contributed by atoms with Gasteiger partial charge in [-0.15, -0.1) is 15.3 Å². The average molecular weight is 446 g/mol. The van der Waals surface area contributed by atoms with Crippen molar-refractivity contribution in [2.75, 3.05) is 13.1 Å². The fraction of sp³-hybridized carbons (Fsp3) is 0.133. The number of fused-ring (bicyclic) bond motifs is 2. The van der Waals surface area contributed by atoms with Crippen LogP contribution in [0.15, 0.2) is 43.9 Å². The van der Waals surface area contributed by atoms with Gasteiger partial charge in [-0.1, -0.05) is 27.2 Å². The lowest BCUT2D eigenvalue weighted by atomic mass is 9.98. The lowest BCUT2D eigenvalue weighted by Gasteiger charge is -2.13. The Morgan fingerprint density at radius 2 is 1.90 bits per heavy atom. The third-order valence-corrected chi connectivity index (χ3v) is 8.76. The van der Waals surface area contributed by atoms with Gasteiger partial charge in [-0.05, 0) is 22.9 Å². The van der Waals surface area contributed by atoms with Crippen LogP contribution in [-0.4, -0.2) is 61.8 Å². The van der Waals surface area contributed by atoms with Gasteiger partial charge in [0.05, 0.1) is 16.0 Å². The number of rotatable bonds is 5. The molecule has 154 valence electrons. The summed E-state index contributed by atoms with van der Waals surface area (Å²) in [7, 11) is -7.73. The number of sulfonamides is 1. The molecule has 0 fully saturated rings. The zero-order valence-electron chi connectivity index (χ0n) is 15.1. The normalized spacial score (nSPS) is 19.6. The zero-order valence-corrected chi connectivity index (χ0v) is 16.7. The van der Waals surface area contributed by atoms with Crippen LogP contribution in [0.3, 0.4) is 0 Å². The SMILES string of the molecule is NCCNS1(=O)=NS(=O)(=O)c2c1ccc(-c1cccc3[nH]nnc13)c2-c1nn[nH]n1. The van der Waals surface area contributed by atoms with E-state index in [9.17, 15) is 12.6 Å². The average Bonchev–Trinajstić information content (AvgIpc) is 3.45. The highest BCUT2D eigenvalue weighted by atomic mass is 32.3. The molecule has 0 aliphatic carbocycles. The summed E-state index contributed by atoms with van der Waals surface area (Å²) < 4.78 is 45.6. The first-order valence-electron chi connectivity index (χ1n) is 8.64. The number of tetrazole rings is 1. The van der Waals surface area contributed by atoms with Gasteiger partial charge < -0.3 is 5.73 Å². The van der Waals surface area contributed by atoms with E-state index in [1.807, 2.05) is 0 Å². The standard InChI is InChI=1S/C15H14N10O3S2/c16-6-7-17-29(26)11-5-4-8(9-2-1-3-10-13(9)19-22-18-10)12(15-20-23-24-21-15)14(11)30(27,28)25-29/h1-5H,6-7,16H2,(H,17,25,26)(H,18,19,22)(H,20,21,23,24). The fourth-order valence-electron chi connectivity index (χ4n) is 3.36. The molecule has 5 N–H and O–H groups in total. The summed E-state index contributed by atoms with van der Waals surface area (Å²) in [6.45, 7) is 0.278. The summed E-state index contributed by atoms with van der Waals surface area (Å²) in [4.78, 5) is -0.219. The second-order valence-electron chi connectivity index (χ2n) is 6.32. The molecule has 1 atom stereocenters. The van der Waals surface area contributed by atoms with Gasteiger partial charge in [0.15, 0.2) is 9.92 Å². The second kappa shape index (κ2) is 6.63. The van der Waals surface area contributed by atoms with E-state index in [1.54, 1.807) is 24.3 Å². The van der Waals surface area contributed by atoms with Gasteiger partial charge in [0.1, 0.15) is 10.4 Å². The van der Waals surface area contributed by atoms with Crippen LogP contribution in [0.25, 0.3) is 33.5 Å². The van der Waals surface area contributed by atoms with E-state index >= 15 is 0 Å². The van der Waals surface area contributed by atoms with E-state index in [-0.39, 0.29) is 34.3 Å². The molecule has 4 aromatic rings. The first-order chi connectivity index (χ1) is 14.4. The van der Waals surface area contributed by atoms with E-state index in [4.69, 9.17) is 5.73 Å². The molecule has 30 heavy (non-hydrogen) atoms. The summed E-state index contributed by atoms with van der Waals surface area (Å²) in [5, 5.41) is 24.5. The number of nitrogens with one attached hydrogen (secondary N) is 3. The van der Waals surface area contributed by atoms with Gasteiger partial charge in [0, 0.05) is 18.7 Å². The Morgan fingerprint density at radius 1 is 1.03 bits per heavy atom. The van der Waals surface area contributed by atoms with Crippen LogP contribution in [0.5, 0.6) is 0 Å². The summed E-state index contributed by atoms with van der Waals surface area (Å²) in [5.74, 6) is 0.0172. The van der Waals surface area contributed by atoms with Crippen LogP contribution in [0.4, 0.5) is 0 Å². The molecule has 1 aliphatic heterocycles. The largest absolute Gasteiger partial charge is 0.329 e. The molecule has 1 unspecified atom stereocenters. The topological polar surface area (TPSA) is 198 Å². The molecule has 15 heteroatoms. The number of aromatic nitrogens is 7. The van der Waals surface area contributed by atoms with Crippen LogP contribution in [0.1, 0.15) is 0 Å². The Hall–Kier alpha value is -3.27. The molecule has 13 nitrogen and oxygen atoms in total. The highest BCUT2D eigenvalue weighted by molar-refractivity contribution is 8.05. The van der Waals surface area contributed by atoms with Gasteiger partial charge >= 0.3 is 0 Å². The van der Waals surface area contributed by atoms with Crippen molar-refractivity contribution in [2.45, 2.75) is 9.79 Å². The quantitative estimate of drug-likeness (QED) is 0.320. The smallest absolute Gasteiger partial charge is 0.293 e. The van der Waals surface area contributed by atoms with Crippen molar-refractivity contribution in [1.82, 2.24) is 40.8 Å². The predicted octanol–water partition coefficient (Wildman–Crippen LogP) is -0.203. The maximum atomic E-state index is 13.3. The zero-order chi connectivity index (χ0) is 20.9. The highest BCUT2D eigenvalue weighted by Crippen LogP contribution is 2.44. The molecule has 2 aromatic carbocycles. The third kappa shape index (κ3) is 2.71. The molecule has 5 rings (SSSR count). The Morgan fingerprint density at radius 3 is 2.67 bits per heavy atom. The van der Waals surface area contributed by atoms with Crippen molar-refractivity contribution in [1.29, 1.82) is 0 Å². The van der Waals surface area contributed by atoms with Crippen molar-refractivity contribution in [3.05, 3.63) is 30.3 Å². The van der Waals surface area contributed by atoms with Crippen molar-refractivity contribution in [3.63, 3.8) is 0 Å². The number of hydrogen-bond donors (Lipinski definition) is 4. The number of H-pyrrole nitrogens is 2. The minimum atomic E-state index is -4.29. The molecule has 0 bridgehead atoms. The molecule has 2 aromatic heterocycles. The molecule has 0 radical (unpaired) electrons. The van der Waals surface area contributed by atoms with Gasteiger partial charge in [-0.3, -0.25) is 5.10 Å². The van der Waals surface area contributed by atoms with Crippen LogP contribution in [0.2, 0.25) is 0 Å². The number of nitrogens with zero attached hydrogens (tertiary/aromatic N) is 6. The number of aromatic amines is 2. The van der Waals surface area contributed by atoms with E-state index in [0.29, 0.717) is 22.2 Å². The second-order valence-corrected chi connectivity index (χ2v) is 10.1. The van der Waals surface area contributed by atoms with Gasteiger partial charge in [0.2, 0.25) is 5.82 Å². The Labute approximate surface area is 169 Å². The minimum absolute atomic E-state index is 0.0172. The first-order valence-corrected chi connectivity index (χ1v) is 11.6. The summed E-state index contributed by atoms with van der Waals surface area (Å²) in [6, 6.07) is 8.42. The van der Waals surface area contributed by atoms with Crippen LogP contribution < -0.4 is 10.5 Å². The number of hydrogen-bond acceptors (Lipinski definition) is 9. The predicted molar refractivity (Wildman–Crippen MR) is 106 cm³/mol. The van der Waals surface area contributed by atoms with Gasteiger partial charge in [-0.25, -0.2) is 8.93 Å². The molecular formula is C15H14N10O3S2. The maximum Gasteiger partial charge on any atom is 0.293 e. The lowest BCUT2D eigenvalue weighted by Crippen LogP contribution is -2.28. The van der Waals surface area contributed by atoms with Gasteiger partial charge in [0.25, 0.3) is 10.0 Å². The lowest BCUT2D eigenvalue weighted by molar-refractivity contribution is 0.598. The van der Waals surface area contributed by atoms with Crippen LogP contribution in [0, 0.1) is 0 Å². The van der Waals surface area contributed by atoms with Crippen molar-refractivity contribution in [3.8, 4) is 22.5 Å². The third-order valence-electron chi connectivity index (χ3n) is 4.54. The molecule has 0 amide bonds. The van der Waals surface area contributed by atoms with Crippen molar-refractivity contribution < 1.29 is 12.6 Å². The van der Waals surface area contributed by atoms with E-state index in [2.05, 4.69) is 44.5 Å². The number of nitrogens with two attached hydrogens (primary N) is 1. The van der Waals surface area contributed by atoms with E-state index in [0.717, 1.165) is 0 Å². The van der Waals surface area contributed by atoms with E-state index in [1.165, 1.54) is 6.07 Å². The van der Waals surface area contributed by atoms with Crippen molar-refractivity contribution in [2.24, 2.45) is 9.50 Å². The minimum Gasteiger partial charge on any atom is -0.329 e. The molecule has 0 spiro atoms. The van der Waals surface area contributed by atoms with Crippen LogP contribution in [-0.2, 0) is 19.9 Å². The number of benzene rings is 2. The maximum absolute atomic E-state index is 13.3. The summed E-state index contributed by atoms with van der Waals surface area (Å²) in [5.41, 5.74) is 7.83. The Balaban J connectivity index is 1.88. The van der Waals surface area contributed by atoms with Gasteiger partial charge in [-0.2, -0.15) is 13.6 Å². The monoisotopic (exact) mass is 446 g/mol. The molecule has 0 saturated heterocycles. The van der Waals surface area contributed by atoms with E-state index < -0.39 is 19.9 Å². The fourth-order valence-corrected chi connectivity index (χ4v) is 7.88. The first kappa shape index (κ1) is 18.7. The molecule has 1 aliphatic rings. The van der Waals surface area contributed by atoms with Crippen molar-refractivity contribution >= 4 is 31.0 Å². The Kier molecular flexibility index (Phi) is 4.14. The van der Waals surface area contributed by atoms with Crippen LogP contribution >= 0.6 is 0 Å². The summed E-state index contributed by atoms with van der Waals surface area (Å²) >= 11 is 0. The molecular weight excluding hydrogens is 432 g/mol. The molecule has 3 heterocycles.